The monoisotopic (exact) mass is 255 g/mol. The van der Waals surface area contributed by atoms with Gasteiger partial charge < -0.3 is 15.5 Å². The number of hydrogen-bond donors (Lipinski definition) is 3. The summed E-state index contributed by atoms with van der Waals surface area (Å²) in [5, 5.41) is 21.3. The fourth-order valence-corrected chi connectivity index (χ4v) is 2.56. The van der Waals surface area contributed by atoms with Crippen molar-refractivity contribution in [3.8, 4) is 11.1 Å². The minimum atomic E-state index is -0.717. The van der Waals surface area contributed by atoms with Crippen LogP contribution in [0.3, 0.4) is 0 Å². The van der Waals surface area contributed by atoms with E-state index < -0.39 is 6.10 Å². The summed E-state index contributed by atoms with van der Waals surface area (Å²) in [6.07, 6.45) is 0.245. The van der Waals surface area contributed by atoms with Gasteiger partial charge in [0.05, 0.1) is 12.7 Å². The topological polar surface area (TPSA) is 52.5 Å². The highest BCUT2D eigenvalue weighted by atomic mass is 16.3. The fourth-order valence-electron chi connectivity index (χ4n) is 2.56. The Kier molecular flexibility index (Phi) is 3.23. The van der Waals surface area contributed by atoms with Gasteiger partial charge in [-0.15, -0.1) is 0 Å². The van der Waals surface area contributed by atoms with Crippen molar-refractivity contribution < 1.29 is 10.2 Å². The molecule has 0 bridgehead atoms. The van der Waals surface area contributed by atoms with Crippen LogP contribution >= 0.6 is 0 Å². The fraction of sp³-hybridized carbons (Fsp3) is 0.250. The average molecular weight is 255 g/mol. The molecule has 0 radical (unpaired) electrons. The van der Waals surface area contributed by atoms with E-state index in [2.05, 4.69) is 41.7 Å². The summed E-state index contributed by atoms with van der Waals surface area (Å²) >= 11 is 0. The van der Waals surface area contributed by atoms with Crippen LogP contribution in [-0.2, 0) is 6.42 Å². The lowest BCUT2D eigenvalue weighted by Crippen LogP contribution is -2.22. The molecule has 3 nitrogen and oxygen atoms in total. The maximum absolute atomic E-state index is 9.34. The van der Waals surface area contributed by atoms with E-state index in [0.717, 1.165) is 12.1 Å². The van der Waals surface area contributed by atoms with Gasteiger partial charge in [-0.3, -0.25) is 0 Å². The summed E-state index contributed by atoms with van der Waals surface area (Å²) in [4.78, 5) is 0. The molecule has 98 valence electrons. The molecule has 0 saturated carbocycles. The molecule has 0 saturated heterocycles. The van der Waals surface area contributed by atoms with Gasteiger partial charge in [0.2, 0.25) is 0 Å². The van der Waals surface area contributed by atoms with Crippen molar-refractivity contribution in [2.75, 3.05) is 18.5 Å². The molecule has 1 aliphatic rings. The minimum Gasteiger partial charge on any atom is -0.394 e. The van der Waals surface area contributed by atoms with Crippen molar-refractivity contribution in [3.05, 3.63) is 53.6 Å². The van der Waals surface area contributed by atoms with Gasteiger partial charge in [-0.25, -0.2) is 0 Å². The van der Waals surface area contributed by atoms with Gasteiger partial charge in [-0.2, -0.15) is 0 Å². The number of nitrogens with one attached hydrogen (secondary N) is 1. The molecule has 3 heteroatoms. The van der Waals surface area contributed by atoms with Crippen molar-refractivity contribution in [1.82, 2.24) is 0 Å². The molecule has 0 fully saturated rings. The molecular weight excluding hydrogens is 238 g/mol. The van der Waals surface area contributed by atoms with E-state index in [1.54, 1.807) is 0 Å². The molecule has 3 rings (SSSR count). The molecule has 1 aliphatic carbocycles. The number of aliphatic hydroxyl groups is 2. The summed E-state index contributed by atoms with van der Waals surface area (Å²) in [6, 6.07) is 14.7. The predicted molar refractivity (Wildman–Crippen MR) is 76.3 cm³/mol. The normalized spacial score (nSPS) is 13.8. The van der Waals surface area contributed by atoms with Crippen molar-refractivity contribution in [3.63, 3.8) is 0 Å². The van der Waals surface area contributed by atoms with Gasteiger partial charge >= 0.3 is 0 Å². The van der Waals surface area contributed by atoms with E-state index in [1.807, 2.05) is 6.07 Å². The predicted octanol–water partition coefficient (Wildman–Crippen LogP) is 2.02. The molecule has 0 amide bonds. The highest BCUT2D eigenvalue weighted by Crippen LogP contribution is 2.37. The van der Waals surface area contributed by atoms with Crippen LogP contribution in [0.4, 0.5) is 5.69 Å². The summed E-state index contributed by atoms with van der Waals surface area (Å²) in [5.41, 5.74) is 6.28. The average Bonchev–Trinajstić information content (AvgIpc) is 2.82. The Morgan fingerprint density at radius 1 is 1.05 bits per heavy atom. The lowest BCUT2D eigenvalue weighted by atomic mass is 10.1. The standard InChI is InChI=1S/C16H17NO2/c18-10-14(19)9-17-13-5-6-16-12(8-13)7-11-3-1-2-4-15(11)16/h1-6,8,14,17-19H,7,9-10H2. The Bertz CT molecular complexity index is 595. The summed E-state index contributed by atoms with van der Waals surface area (Å²) < 4.78 is 0. The molecule has 2 aromatic carbocycles. The lowest BCUT2D eigenvalue weighted by Gasteiger charge is -2.11. The second-order valence-electron chi connectivity index (χ2n) is 4.92. The quantitative estimate of drug-likeness (QED) is 0.668. The van der Waals surface area contributed by atoms with Crippen LogP contribution in [0.15, 0.2) is 42.5 Å². The maximum atomic E-state index is 9.34. The van der Waals surface area contributed by atoms with Gasteiger partial charge in [-0.05, 0) is 40.8 Å². The van der Waals surface area contributed by atoms with Crippen molar-refractivity contribution in [2.24, 2.45) is 0 Å². The first-order chi connectivity index (χ1) is 9.28. The van der Waals surface area contributed by atoms with Gasteiger partial charge in [0.15, 0.2) is 0 Å². The molecule has 0 aliphatic heterocycles. The maximum Gasteiger partial charge on any atom is 0.0942 e. The second-order valence-corrected chi connectivity index (χ2v) is 4.92. The van der Waals surface area contributed by atoms with Gasteiger partial charge in [0.1, 0.15) is 0 Å². The molecule has 0 spiro atoms. The third-order valence-electron chi connectivity index (χ3n) is 3.55. The van der Waals surface area contributed by atoms with Gasteiger partial charge in [-0.1, -0.05) is 30.3 Å². The van der Waals surface area contributed by atoms with Crippen LogP contribution < -0.4 is 5.32 Å². The first kappa shape index (κ1) is 12.2. The number of fused-ring (bicyclic) bond motifs is 3. The van der Waals surface area contributed by atoms with Crippen LogP contribution in [0, 0.1) is 0 Å². The first-order valence-corrected chi connectivity index (χ1v) is 6.52. The summed E-state index contributed by atoms with van der Waals surface area (Å²) in [5.74, 6) is 0. The van der Waals surface area contributed by atoms with Crippen LogP contribution in [0.2, 0.25) is 0 Å². The Morgan fingerprint density at radius 2 is 1.84 bits per heavy atom. The lowest BCUT2D eigenvalue weighted by molar-refractivity contribution is 0.105. The molecule has 2 aromatic rings. The largest absolute Gasteiger partial charge is 0.394 e. The van der Waals surface area contributed by atoms with Crippen LogP contribution in [0.1, 0.15) is 11.1 Å². The molecule has 19 heavy (non-hydrogen) atoms. The van der Waals surface area contributed by atoms with Crippen molar-refractivity contribution >= 4 is 5.69 Å². The molecule has 0 heterocycles. The SMILES string of the molecule is OCC(O)CNc1ccc2c(c1)Cc1ccccc1-2. The zero-order valence-corrected chi connectivity index (χ0v) is 10.6. The van der Waals surface area contributed by atoms with Crippen molar-refractivity contribution in [1.29, 1.82) is 0 Å². The Hall–Kier alpha value is -1.84. The summed E-state index contributed by atoms with van der Waals surface area (Å²) in [6.45, 7) is 0.144. The molecule has 3 N–H and O–H groups in total. The van der Waals surface area contributed by atoms with Gasteiger partial charge in [0.25, 0.3) is 0 Å². The number of rotatable bonds is 4. The van der Waals surface area contributed by atoms with Crippen LogP contribution in [0.25, 0.3) is 11.1 Å². The van der Waals surface area contributed by atoms with E-state index in [4.69, 9.17) is 5.11 Å². The molecule has 1 unspecified atom stereocenters. The number of hydrogen-bond acceptors (Lipinski definition) is 3. The Morgan fingerprint density at radius 3 is 2.68 bits per heavy atom. The molecular formula is C16H17NO2. The molecule has 0 aromatic heterocycles. The number of benzene rings is 2. The van der Waals surface area contributed by atoms with Gasteiger partial charge in [0, 0.05) is 12.2 Å². The van der Waals surface area contributed by atoms with Crippen LogP contribution in [-0.4, -0.2) is 29.5 Å². The third kappa shape index (κ3) is 2.35. The van der Waals surface area contributed by atoms with Crippen LogP contribution in [0.5, 0.6) is 0 Å². The first-order valence-electron chi connectivity index (χ1n) is 6.52. The minimum absolute atomic E-state index is 0.219. The third-order valence-corrected chi connectivity index (χ3v) is 3.55. The Balaban J connectivity index is 1.81. The second kappa shape index (κ2) is 5.03. The summed E-state index contributed by atoms with van der Waals surface area (Å²) in [7, 11) is 0. The van der Waals surface area contributed by atoms with E-state index in [1.165, 1.54) is 22.3 Å². The Labute approximate surface area is 112 Å². The number of aliphatic hydroxyl groups excluding tert-OH is 2. The van der Waals surface area contributed by atoms with E-state index in [9.17, 15) is 5.11 Å². The zero-order valence-electron chi connectivity index (χ0n) is 10.6. The highest BCUT2D eigenvalue weighted by Gasteiger charge is 2.17. The van der Waals surface area contributed by atoms with E-state index >= 15 is 0 Å². The zero-order chi connectivity index (χ0) is 13.2. The highest BCUT2D eigenvalue weighted by molar-refractivity contribution is 5.78. The smallest absolute Gasteiger partial charge is 0.0942 e. The van der Waals surface area contributed by atoms with E-state index in [-0.39, 0.29) is 6.61 Å². The molecule has 1 atom stereocenters. The van der Waals surface area contributed by atoms with E-state index in [0.29, 0.717) is 6.54 Å². The van der Waals surface area contributed by atoms with Crippen molar-refractivity contribution in [2.45, 2.75) is 12.5 Å². The number of anilines is 1.